The summed E-state index contributed by atoms with van der Waals surface area (Å²) in [5.41, 5.74) is 1.96. The molecule has 0 aliphatic heterocycles. The number of hydrogen-bond acceptors (Lipinski definition) is 4. The number of amides is 2. The third-order valence-corrected chi connectivity index (χ3v) is 3.40. The molecule has 1 atom stereocenters. The van der Waals surface area contributed by atoms with E-state index in [-0.39, 0.29) is 17.9 Å². The maximum absolute atomic E-state index is 12.3. The molecule has 1 aromatic heterocycles. The lowest BCUT2D eigenvalue weighted by Gasteiger charge is -2.14. The van der Waals surface area contributed by atoms with Gasteiger partial charge in [0.05, 0.1) is 5.69 Å². The molecule has 2 N–H and O–H groups in total. The van der Waals surface area contributed by atoms with Gasteiger partial charge in [0.2, 0.25) is 5.91 Å². The molecule has 0 aliphatic rings. The minimum atomic E-state index is -0.182. The summed E-state index contributed by atoms with van der Waals surface area (Å²) < 4.78 is 0. The molecule has 24 heavy (non-hydrogen) atoms. The lowest BCUT2D eigenvalue weighted by molar-refractivity contribution is -0.116. The average Bonchev–Trinajstić information content (AvgIpc) is 2.56. The Kier molecular flexibility index (Phi) is 6.42. The summed E-state index contributed by atoms with van der Waals surface area (Å²) in [4.78, 5) is 32.2. The number of rotatable bonds is 7. The van der Waals surface area contributed by atoms with Gasteiger partial charge in [-0.25, -0.2) is 0 Å². The second-order valence-corrected chi connectivity index (χ2v) is 5.65. The van der Waals surface area contributed by atoms with Crippen molar-refractivity contribution in [3.8, 4) is 0 Å². The highest BCUT2D eigenvalue weighted by Crippen LogP contribution is 2.12. The summed E-state index contributed by atoms with van der Waals surface area (Å²) in [6.07, 6.45) is 6.79. The molecule has 2 amide bonds. The van der Waals surface area contributed by atoms with Crippen LogP contribution in [-0.4, -0.2) is 27.8 Å². The van der Waals surface area contributed by atoms with Crippen molar-refractivity contribution in [1.29, 1.82) is 0 Å². The van der Waals surface area contributed by atoms with Crippen molar-refractivity contribution in [1.82, 2.24) is 15.3 Å². The van der Waals surface area contributed by atoms with Gasteiger partial charge in [0, 0.05) is 48.7 Å². The Balaban J connectivity index is 1.95. The van der Waals surface area contributed by atoms with E-state index >= 15 is 0 Å². The molecule has 126 valence electrons. The molecule has 1 aromatic carbocycles. The topological polar surface area (TPSA) is 84.0 Å². The summed E-state index contributed by atoms with van der Waals surface area (Å²) in [6.45, 7) is 3.86. The standard InChI is InChI=1S/C18H22N4O2/c1-3-5-17(23)22-15-7-4-6-14(11-15)18(24)21-13(2)10-16-12-19-8-9-20-16/h4,6-9,11-13H,3,5,10H2,1-2H3,(H,21,24)(H,22,23)/t13-/m1/s1. The Morgan fingerprint density at radius 1 is 1.25 bits per heavy atom. The third kappa shape index (κ3) is 5.46. The number of nitrogens with one attached hydrogen (secondary N) is 2. The number of carbonyl (C=O) groups is 2. The first-order valence-corrected chi connectivity index (χ1v) is 8.04. The van der Waals surface area contributed by atoms with E-state index in [0.717, 1.165) is 12.1 Å². The lowest BCUT2D eigenvalue weighted by Crippen LogP contribution is -2.34. The van der Waals surface area contributed by atoms with E-state index in [2.05, 4.69) is 20.6 Å². The molecule has 1 heterocycles. The number of carbonyl (C=O) groups excluding carboxylic acids is 2. The highest BCUT2D eigenvalue weighted by Gasteiger charge is 2.12. The van der Waals surface area contributed by atoms with Crippen molar-refractivity contribution >= 4 is 17.5 Å². The van der Waals surface area contributed by atoms with E-state index in [4.69, 9.17) is 0 Å². The van der Waals surface area contributed by atoms with Crippen LogP contribution in [0.25, 0.3) is 0 Å². The van der Waals surface area contributed by atoms with Crippen molar-refractivity contribution in [2.75, 3.05) is 5.32 Å². The molecular formula is C18H22N4O2. The van der Waals surface area contributed by atoms with Gasteiger partial charge in [-0.15, -0.1) is 0 Å². The summed E-state index contributed by atoms with van der Waals surface area (Å²) in [5.74, 6) is -0.232. The Morgan fingerprint density at radius 3 is 2.79 bits per heavy atom. The van der Waals surface area contributed by atoms with Gasteiger partial charge in [-0.1, -0.05) is 13.0 Å². The fraction of sp³-hybridized carbons (Fsp3) is 0.333. The third-order valence-electron chi connectivity index (χ3n) is 3.40. The maximum atomic E-state index is 12.3. The van der Waals surface area contributed by atoms with Crippen LogP contribution in [0.5, 0.6) is 0 Å². The first-order chi connectivity index (χ1) is 11.6. The molecule has 0 fully saturated rings. The maximum Gasteiger partial charge on any atom is 0.251 e. The monoisotopic (exact) mass is 326 g/mol. The van der Waals surface area contributed by atoms with Crippen LogP contribution in [0.1, 0.15) is 42.7 Å². The second-order valence-electron chi connectivity index (χ2n) is 5.65. The van der Waals surface area contributed by atoms with Crippen molar-refractivity contribution in [2.24, 2.45) is 0 Å². The molecule has 0 aliphatic carbocycles. The van der Waals surface area contributed by atoms with Gasteiger partial charge in [0.1, 0.15) is 0 Å². The fourth-order valence-electron chi connectivity index (χ4n) is 2.30. The number of nitrogens with zero attached hydrogens (tertiary/aromatic N) is 2. The second kappa shape index (κ2) is 8.76. The molecule has 0 saturated carbocycles. The van der Waals surface area contributed by atoms with Crippen LogP contribution < -0.4 is 10.6 Å². The van der Waals surface area contributed by atoms with Crippen LogP contribution in [0.3, 0.4) is 0 Å². The number of hydrogen-bond donors (Lipinski definition) is 2. The summed E-state index contributed by atoms with van der Waals surface area (Å²) in [5, 5.41) is 5.72. The van der Waals surface area contributed by atoms with Gasteiger partial charge in [-0.2, -0.15) is 0 Å². The smallest absolute Gasteiger partial charge is 0.251 e. The zero-order valence-corrected chi connectivity index (χ0v) is 14.0. The molecule has 2 rings (SSSR count). The molecule has 0 saturated heterocycles. The number of benzene rings is 1. The van der Waals surface area contributed by atoms with Crippen LogP contribution in [0.15, 0.2) is 42.9 Å². The normalized spacial score (nSPS) is 11.6. The fourth-order valence-corrected chi connectivity index (χ4v) is 2.30. The van der Waals surface area contributed by atoms with Crippen LogP contribution in [0.4, 0.5) is 5.69 Å². The van der Waals surface area contributed by atoms with Crippen molar-refractivity contribution in [3.63, 3.8) is 0 Å². The quantitative estimate of drug-likeness (QED) is 0.819. The molecule has 6 nitrogen and oxygen atoms in total. The average molecular weight is 326 g/mol. The summed E-state index contributed by atoms with van der Waals surface area (Å²) in [6, 6.07) is 6.85. The minimum Gasteiger partial charge on any atom is -0.349 e. The van der Waals surface area contributed by atoms with Crippen LogP contribution >= 0.6 is 0 Å². The molecule has 6 heteroatoms. The van der Waals surface area contributed by atoms with E-state index in [0.29, 0.717) is 24.1 Å². The molecule has 0 spiro atoms. The van der Waals surface area contributed by atoms with Crippen molar-refractivity contribution < 1.29 is 9.59 Å². The highest BCUT2D eigenvalue weighted by atomic mass is 16.2. The zero-order chi connectivity index (χ0) is 17.4. The first-order valence-electron chi connectivity index (χ1n) is 8.04. The first kappa shape index (κ1) is 17.6. The van der Waals surface area contributed by atoms with Crippen molar-refractivity contribution in [2.45, 2.75) is 39.2 Å². The molecule has 0 bridgehead atoms. The van der Waals surface area contributed by atoms with Gasteiger partial charge in [-0.05, 0) is 31.5 Å². The van der Waals surface area contributed by atoms with Crippen LogP contribution in [0, 0.1) is 0 Å². The van der Waals surface area contributed by atoms with Crippen molar-refractivity contribution in [3.05, 3.63) is 54.1 Å². The van der Waals surface area contributed by atoms with E-state index in [1.807, 2.05) is 13.8 Å². The van der Waals surface area contributed by atoms with Gasteiger partial charge < -0.3 is 10.6 Å². The predicted octanol–water partition coefficient (Wildman–Crippen LogP) is 2.58. The SMILES string of the molecule is CCCC(=O)Nc1cccc(C(=O)N[C@H](C)Cc2cnccn2)c1. The predicted molar refractivity (Wildman–Crippen MR) is 92.6 cm³/mol. The Morgan fingerprint density at radius 2 is 2.08 bits per heavy atom. The summed E-state index contributed by atoms with van der Waals surface area (Å²) >= 11 is 0. The van der Waals surface area contributed by atoms with E-state index in [1.54, 1.807) is 42.9 Å². The molecule has 2 aromatic rings. The van der Waals surface area contributed by atoms with Gasteiger partial charge in [0.15, 0.2) is 0 Å². The van der Waals surface area contributed by atoms with Gasteiger partial charge in [0.25, 0.3) is 5.91 Å². The molecule has 0 unspecified atom stereocenters. The number of anilines is 1. The Labute approximate surface area is 141 Å². The molecule has 0 radical (unpaired) electrons. The zero-order valence-electron chi connectivity index (χ0n) is 14.0. The highest BCUT2D eigenvalue weighted by molar-refractivity contribution is 5.97. The Hall–Kier alpha value is -2.76. The van der Waals surface area contributed by atoms with Gasteiger partial charge >= 0.3 is 0 Å². The van der Waals surface area contributed by atoms with Crippen LogP contribution in [0.2, 0.25) is 0 Å². The lowest BCUT2D eigenvalue weighted by atomic mass is 10.1. The van der Waals surface area contributed by atoms with E-state index in [9.17, 15) is 9.59 Å². The van der Waals surface area contributed by atoms with Crippen LogP contribution in [-0.2, 0) is 11.2 Å². The summed E-state index contributed by atoms with van der Waals surface area (Å²) in [7, 11) is 0. The minimum absolute atomic E-state index is 0.0499. The van der Waals surface area contributed by atoms with E-state index in [1.165, 1.54) is 0 Å². The largest absolute Gasteiger partial charge is 0.349 e. The molecular weight excluding hydrogens is 304 g/mol. The Bertz CT molecular complexity index is 688. The number of aromatic nitrogens is 2. The van der Waals surface area contributed by atoms with Gasteiger partial charge in [-0.3, -0.25) is 19.6 Å². The van der Waals surface area contributed by atoms with E-state index < -0.39 is 0 Å².